The summed E-state index contributed by atoms with van der Waals surface area (Å²) < 4.78 is 5.21. The summed E-state index contributed by atoms with van der Waals surface area (Å²) in [5, 5.41) is 0. The van der Waals surface area contributed by atoms with Gasteiger partial charge in [-0.25, -0.2) is 9.97 Å². The molecule has 2 N–H and O–H groups in total. The molecule has 0 amide bonds. The molecule has 1 fully saturated rings. The molecule has 0 saturated carbocycles. The lowest BCUT2D eigenvalue weighted by molar-refractivity contribution is 0.312. The van der Waals surface area contributed by atoms with Crippen LogP contribution in [0.25, 0.3) is 11.1 Å². The molecule has 3 rings (SSSR count). The maximum absolute atomic E-state index is 5.80. The van der Waals surface area contributed by atoms with Crippen LogP contribution < -0.4 is 10.5 Å². The van der Waals surface area contributed by atoms with Crippen molar-refractivity contribution in [2.75, 3.05) is 26.4 Å². The zero-order valence-corrected chi connectivity index (χ0v) is 12.4. The minimum atomic E-state index is 0.312. The largest absolute Gasteiger partial charge is 0.497 e. The van der Waals surface area contributed by atoms with Crippen LogP contribution >= 0.6 is 0 Å². The molecule has 0 radical (unpaired) electrons. The molecule has 2 heterocycles. The Kier molecular flexibility index (Phi) is 3.75. The number of benzene rings is 1. The monoisotopic (exact) mass is 284 g/mol. The smallest absolute Gasteiger partial charge is 0.220 e. The zero-order chi connectivity index (χ0) is 14.8. The topological polar surface area (TPSA) is 64.3 Å². The van der Waals surface area contributed by atoms with Gasteiger partial charge in [-0.05, 0) is 44.1 Å². The Balaban J connectivity index is 2.04. The van der Waals surface area contributed by atoms with Crippen molar-refractivity contribution in [1.82, 2.24) is 14.9 Å². The Labute approximate surface area is 124 Å². The summed E-state index contributed by atoms with van der Waals surface area (Å²) in [7, 11) is 3.80. The molecule has 1 aliphatic heterocycles. The molecule has 0 spiro atoms. The number of likely N-dealkylation sites (tertiary alicyclic amines) is 1. The van der Waals surface area contributed by atoms with E-state index in [4.69, 9.17) is 10.5 Å². The number of hydrogen-bond donors (Lipinski definition) is 1. The van der Waals surface area contributed by atoms with Crippen LogP contribution in [0.4, 0.5) is 5.95 Å². The Bertz CT molecular complexity index is 627. The summed E-state index contributed by atoms with van der Waals surface area (Å²) >= 11 is 0. The number of methoxy groups -OCH3 is 1. The van der Waals surface area contributed by atoms with Crippen LogP contribution in [0, 0.1) is 0 Å². The molecule has 1 aliphatic rings. The molecule has 1 unspecified atom stereocenters. The lowest BCUT2D eigenvalue weighted by Crippen LogP contribution is -2.20. The van der Waals surface area contributed by atoms with Crippen LogP contribution in [0.2, 0.25) is 0 Å². The van der Waals surface area contributed by atoms with Gasteiger partial charge in [-0.2, -0.15) is 0 Å². The van der Waals surface area contributed by atoms with Gasteiger partial charge in [0, 0.05) is 11.8 Å². The third-order valence-electron chi connectivity index (χ3n) is 4.07. The zero-order valence-electron chi connectivity index (χ0n) is 12.4. The number of rotatable bonds is 3. The van der Waals surface area contributed by atoms with Crippen molar-refractivity contribution in [3.8, 4) is 16.9 Å². The second-order valence-electron chi connectivity index (χ2n) is 5.39. The molecular weight excluding hydrogens is 264 g/mol. The summed E-state index contributed by atoms with van der Waals surface area (Å²) in [5.74, 6) is 1.18. The van der Waals surface area contributed by atoms with E-state index in [1.54, 1.807) is 7.11 Å². The Morgan fingerprint density at radius 1 is 1.29 bits per heavy atom. The van der Waals surface area contributed by atoms with Crippen LogP contribution in [0.15, 0.2) is 30.5 Å². The number of hydrogen-bond acceptors (Lipinski definition) is 5. The predicted molar refractivity (Wildman–Crippen MR) is 83.0 cm³/mol. The van der Waals surface area contributed by atoms with E-state index in [9.17, 15) is 0 Å². The van der Waals surface area contributed by atoms with E-state index in [-0.39, 0.29) is 0 Å². The standard InChI is InChI=1S/C16H20N4O/c1-20-9-3-4-14(20)15-13(10-18-16(17)19-15)11-5-7-12(21-2)8-6-11/h5-8,10,14H,3-4,9H2,1-2H3,(H2,17,18,19). The quantitative estimate of drug-likeness (QED) is 0.938. The molecule has 0 bridgehead atoms. The number of nitrogens with zero attached hydrogens (tertiary/aromatic N) is 3. The fourth-order valence-electron chi connectivity index (χ4n) is 2.91. The first-order valence-corrected chi connectivity index (χ1v) is 7.16. The highest BCUT2D eigenvalue weighted by Gasteiger charge is 2.27. The first-order valence-electron chi connectivity index (χ1n) is 7.16. The summed E-state index contributed by atoms with van der Waals surface area (Å²) in [4.78, 5) is 11.0. The first kappa shape index (κ1) is 13.8. The van der Waals surface area contributed by atoms with E-state index < -0.39 is 0 Å². The molecule has 1 aromatic heterocycles. The average Bonchev–Trinajstić information content (AvgIpc) is 2.93. The van der Waals surface area contributed by atoms with Gasteiger partial charge in [0.05, 0.1) is 18.8 Å². The molecule has 0 aliphatic carbocycles. The molecule has 5 nitrogen and oxygen atoms in total. The second-order valence-corrected chi connectivity index (χ2v) is 5.39. The average molecular weight is 284 g/mol. The molecule has 21 heavy (non-hydrogen) atoms. The minimum Gasteiger partial charge on any atom is -0.497 e. The van der Waals surface area contributed by atoms with Crippen molar-refractivity contribution in [3.63, 3.8) is 0 Å². The van der Waals surface area contributed by atoms with E-state index in [1.807, 2.05) is 30.5 Å². The van der Waals surface area contributed by atoms with E-state index in [0.717, 1.165) is 35.5 Å². The van der Waals surface area contributed by atoms with Crippen molar-refractivity contribution in [1.29, 1.82) is 0 Å². The summed E-state index contributed by atoms with van der Waals surface area (Å²) in [5.41, 5.74) is 8.96. The Morgan fingerprint density at radius 3 is 2.67 bits per heavy atom. The summed E-state index contributed by atoms with van der Waals surface area (Å²) in [6, 6.07) is 8.28. The molecule has 110 valence electrons. The van der Waals surface area contributed by atoms with Gasteiger partial charge >= 0.3 is 0 Å². The lowest BCUT2D eigenvalue weighted by Gasteiger charge is -2.21. The van der Waals surface area contributed by atoms with Gasteiger partial charge in [0.2, 0.25) is 5.95 Å². The van der Waals surface area contributed by atoms with Gasteiger partial charge in [-0.3, -0.25) is 4.90 Å². The van der Waals surface area contributed by atoms with E-state index in [0.29, 0.717) is 12.0 Å². The number of nitrogens with two attached hydrogens (primary N) is 1. The van der Waals surface area contributed by atoms with Gasteiger partial charge in [-0.1, -0.05) is 12.1 Å². The van der Waals surface area contributed by atoms with E-state index >= 15 is 0 Å². The van der Waals surface area contributed by atoms with E-state index in [1.165, 1.54) is 6.42 Å². The van der Waals surface area contributed by atoms with Crippen LogP contribution in [0.3, 0.4) is 0 Å². The molecular formula is C16H20N4O. The number of anilines is 1. The normalized spacial score (nSPS) is 18.9. The van der Waals surface area contributed by atoms with Gasteiger partial charge in [0.25, 0.3) is 0 Å². The number of ether oxygens (including phenoxy) is 1. The lowest BCUT2D eigenvalue weighted by atomic mass is 10.00. The highest BCUT2D eigenvalue weighted by Crippen LogP contribution is 2.35. The van der Waals surface area contributed by atoms with Crippen molar-refractivity contribution in [2.24, 2.45) is 0 Å². The fraction of sp³-hybridized carbons (Fsp3) is 0.375. The van der Waals surface area contributed by atoms with Gasteiger partial charge in [0.1, 0.15) is 5.75 Å². The van der Waals surface area contributed by atoms with Crippen molar-refractivity contribution in [3.05, 3.63) is 36.2 Å². The van der Waals surface area contributed by atoms with Crippen molar-refractivity contribution in [2.45, 2.75) is 18.9 Å². The van der Waals surface area contributed by atoms with Crippen LogP contribution in [0.5, 0.6) is 5.75 Å². The molecule has 1 atom stereocenters. The molecule has 1 aromatic carbocycles. The van der Waals surface area contributed by atoms with Gasteiger partial charge < -0.3 is 10.5 Å². The maximum atomic E-state index is 5.80. The Hall–Kier alpha value is -2.14. The Morgan fingerprint density at radius 2 is 2.05 bits per heavy atom. The predicted octanol–water partition coefficient (Wildman–Crippen LogP) is 2.50. The third-order valence-corrected chi connectivity index (χ3v) is 4.07. The maximum Gasteiger partial charge on any atom is 0.220 e. The summed E-state index contributed by atoms with van der Waals surface area (Å²) in [6.45, 7) is 1.09. The molecule has 2 aromatic rings. The van der Waals surface area contributed by atoms with Crippen LogP contribution in [-0.4, -0.2) is 35.6 Å². The minimum absolute atomic E-state index is 0.312. The summed E-state index contributed by atoms with van der Waals surface area (Å²) in [6.07, 6.45) is 4.12. The van der Waals surface area contributed by atoms with Crippen molar-refractivity contribution >= 4 is 5.95 Å². The number of nitrogen functional groups attached to an aromatic ring is 1. The third kappa shape index (κ3) is 2.69. The highest BCUT2D eigenvalue weighted by atomic mass is 16.5. The van der Waals surface area contributed by atoms with Gasteiger partial charge in [0.15, 0.2) is 0 Å². The first-order chi connectivity index (χ1) is 10.2. The van der Waals surface area contributed by atoms with E-state index in [2.05, 4.69) is 21.9 Å². The van der Waals surface area contributed by atoms with Crippen LogP contribution in [0.1, 0.15) is 24.6 Å². The van der Waals surface area contributed by atoms with Crippen molar-refractivity contribution < 1.29 is 4.74 Å². The molecule has 1 saturated heterocycles. The second kappa shape index (κ2) is 5.69. The SMILES string of the molecule is COc1ccc(-c2cnc(N)nc2C2CCCN2C)cc1. The number of aromatic nitrogens is 2. The fourth-order valence-corrected chi connectivity index (χ4v) is 2.91. The molecule has 5 heteroatoms. The van der Waals surface area contributed by atoms with Gasteiger partial charge in [-0.15, -0.1) is 0 Å². The highest BCUT2D eigenvalue weighted by molar-refractivity contribution is 5.67. The van der Waals surface area contributed by atoms with Crippen LogP contribution in [-0.2, 0) is 0 Å².